The van der Waals surface area contributed by atoms with Gasteiger partial charge in [0, 0.05) is 29.3 Å². The number of piperidine rings is 1. The molecule has 1 aliphatic heterocycles. The van der Waals surface area contributed by atoms with Gasteiger partial charge in [-0.25, -0.2) is 9.97 Å². The summed E-state index contributed by atoms with van der Waals surface area (Å²) in [4.78, 5) is 25.7. The summed E-state index contributed by atoms with van der Waals surface area (Å²) in [6.07, 6.45) is 3.64. The number of ether oxygens (including phenoxy) is 1. The first kappa shape index (κ1) is 18.9. The Hall–Kier alpha value is -2.45. The first-order valence-corrected chi connectivity index (χ1v) is 10.1. The van der Waals surface area contributed by atoms with Crippen LogP contribution >= 0.6 is 15.9 Å². The van der Waals surface area contributed by atoms with Crippen molar-refractivity contribution in [1.29, 1.82) is 0 Å². The van der Waals surface area contributed by atoms with Gasteiger partial charge in [0.15, 0.2) is 5.65 Å². The van der Waals surface area contributed by atoms with Crippen molar-refractivity contribution in [1.82, 2.24) is 19.9 Å². The van der Waals surface area contributed by atoms with Crippen LogP contribution in [-0.2, 0) is 4.79 Å². The number of H-pyrrole nitrogens is 1. The van der Waals surface area contributed by atoms with Crippen LogP contribution in [0.1, 0.15) is 12.8 Å². The molecule has 0 radical (unpaired) electrons. The normalized spacial score (nSPS) is 17.7. The molecule has 0 saturated carbocycles. The Morgan fingerprint density at radius 1 is 1.36 bits per heavy atom. The zero-order valence-corrected chi connectivity index (χ0v) is 17.0. The van der Waals surface area contributed by atoms with Crippen molar-refractivity contribution in [2.75, 3.05) is 26.2 Å². The number of aromatic amines is 1. The third-order valence-corrected chi connectivity index (χ3v) is 5.45. The Morgan fingerprint density at radius 3 is 2.96 bits per heavy atom. The minimum absolute atomic E-state index is 0.0352. The smallest absolute Gasteiger partial charge is 0.221 e. The molecule has 0 spiro atoms. The molecule has 3 aromatic rings. The van der Waals surface area contributed by atoms with Crippen molar-refractivity contribution in [3.8, 4) is 17.1 Å². The van der Waals surface area contributed by atoms with Crippen molar-refractivity contribution < 1.29 is 9.53 Å². The molecule has 1 unspecified atom stereocenters. The highest BCUT2D eigenvalue weighted by atomic mass is 79.9. The van der Waals surface area contributed by atoms with E-state index in [-0.39, 0.29) is 11.8 Å². The number of primary amides is 1. The molecule has 146 valence electrons. The van der Waals surface area contributed by atoms with Crippen molar-refractivity contribution in [3.63, 3.8) is 0 Å². The summed E-state index contributed by atoms with van der Waals surface area (Å²) in [6, 6.07) is 9.77. The number of likely N-dealkylation sites (tertiary alicyclic amines) is 1. The van der Waals surface area contributed by atoms with Gasteiger partial charge in [-0.15, -0.1) is 0 Å². The Kier molecular flexibility index (Phi) is 5.59. The molecule has 1 aromatic carbocycles. The lowest BCUT2D eigenvalue weighted by Crippen LogP contribution is -2.42. The van der Waals surface area contributed by atoms with Gasteiger partial charge in [0.1, 0.15) is 23.7 Å². The molecule has 1 saturated heterocycles. The molecular weight excluding hydrogens is 422 g/mol. The number of amides is 1. The molecule has 3 heterocycles. The Balaban J connectivity index is 1.33. The van der Waals surface area contributed by atoms with E-state index in [1.54, 1.807) is 6.20 Å². The Labute approximate surface area is 171 Å². The van der Waals surface area contributed by atoms with E-state index in [0.29, 0.717) is 6.61 Å². The molecule has 28 heavy (non-hydrogen) atoms. The van der Waals surface area contributed by atoms with Crippen LogP contribution in [0.3, 0.4) is 0 Å². The van der Waals surface area contributed by atoms with E-state index < -0.39 is 0 Å². The number of nitrogens with zero attached hydrogens (tertiary/aromatic N) is 3. The van der Waals surface area contributed by atoms with E-state index in [1.165, 1.54) is 0 Å². The number of rotatable bonds is 6. The molecule has 8 heteroatoms. The van der Waals surface area contributed by atoms with Gasteiger partial charge in [-0.3, -0.25) is 9.69 Å². The summed E-state index contributed by atoms with van der Waals surface area (Å²) in [6.45, 7) is 3.08. The van der Waals surface area contributed by atoms with Crippen molar-refractivity contribution in [2.45, 2.75) is 12.8 Å². The van der Waals surface area contributed by atoms with Gasteiger partial charge in [0.2, 0.25) is 5.91 Å². The zero-order chi connectivity index (χ0) is 19.5. The quantitative estimate of drug-likeness (QED) is 0.610. The number of benzene rings is 1. The number of hydrogen-bond acceptors (Lipinski definition) is 5. The van der Waals surface area contributed by atoms with E-state index in [4.69, 9.17) is 10.5 Å². The van der Waals surface area contributed by atoms with Crippen LogP contribution in [-0.4, -0.2) is 52.0 Å². The van der Waals surface area contributed by atoms with E-state index >= 15 is 0 Å². The first-order chi connectivity index (χ1) is 13.6. The van der Waals surface area contributed by atoms with Crippen LogP contribution in [0.5, 0.6) is 5.75 Å². The number of fused-ring (bicyclic) bond motifs is 1. The van der Waals surface area contributed by atoms with E-state index in [9.17, 15) is 4.79 Å². The second kappa shape index (κ2) is 8.28. The van der Waals surface area contributed by atoms with E-state index in [1.807, 2.05) is 30.3 Å². The van der Waals surface area contributed by atoms with Gasteiger partial charge >= 0.3 is 0 Å². The molecule has 0 bridgehead atoms. The van der Waals surface area contributed by atoms with Crippen LogP contribution in [0.2, 0.25) is 0 Å². The molecule has 7 nitrogen and oxygen atoms in total. The van der Waals surface area contributed by atoms with Crippen molar-refractivity contribution in [2.24, 2.45) is 11.7 Å². The summed E-state index contributed by atoms with van der Waals surface area (Å²) in [5.74, 6) is 1.35. The van der Waals surface area contributed by atoms with Crippen LogP contribution in [0, 0.1) is 5.92 Å². The fraction of sp³-hybridized carbons (Fsp3) is 0.350. The van der Waals surface area contributed by atoms with Gasteiger partial charge in [-0.05, 0) is 65.6 Å². The zero-order valence-electron chi connectivity index (χ0n) is 15.4. The molecule has 3 N–H and O–H groups in total. The number of nitrogens with one attached hydrogen (secondary N) is 1. The summed E-state index contributed by atoms with van der Waals surface area (Å²) in [5.41, 5.74) is 7.98. The molecule has 0 aliphatic carbocycles. The molecular formula is C20H22BrN5O2. The van der Waals surface area contributed by atoms with Crippen LogP contribution in [0.15, 0.2) is 41.0 Å². The highest BCUT2D eigenvalue weighted by Crippen LogP contribution is 2.23. The predicted molar refractivity (Wildman–Crippen MR) is 111 cm³/mol. The van der Waals surface area contributed by atoms with Crippen LogP contribution in [0.4, 0.5) is 0 Å². The average molecular weight is 444 g/mol. The number of aromatic nitrogens is 3. The SMILES string of the molecule is NC(=O)C1CCCN(CCOc2ccc(-c3nc4cc(Br)cnc4[nH]3)cc2)C1. The number of nitrogens with two attached hydrogens (primary N) is 1. The highest BCUT2D eigenvalue weighted by molar-refractivity contribution is 9.10. The predicted octanol–water partition coefficient (Wildman–Crippen LogP) is 2.96. The number of carbonyl (C=O) groups excluding carboxylic acids is 1. The number of carbonyl (C=O) groups is 1. The summed E-state index contributed by atoms with van der Waals surface area (Å²) < 4.78 is 6.76. The van der Waals surface area contributed by atoms with Gasteiger partial charge in [-0.1, -0.05) is 0 Å². The largest absolute Gasteiger partial charge is 0.492 e. The molecule has 1 atom stereocenters. The summed E-state index contributed by atoms with van der Waals surface area (Å²) in [5, 5.41) is 0. The lowest BCUT2D eigenvalue weighted by Gasteiger charge is -2.30. The second-order valence-corrected chi connectivity index (χ2v) is 7.94. The minimum atomic E-state index is -0.200. The fourth-order valence-electron chi connectivity index (χ4n) is 3.50. The monoisotopic (exact) mass is 443 g/mol. The van der Waals surface area contributed by atoms with E-state index in [0.717, 1.165) is 65.2 Å². The third-order valence-electron chi connectivity index (χ3n) is 5.02. The third kappa shape index (κ3) is 4.34. The molecule has 4 rings (SSSR count). The standard InChI is InChI=1S/C20H22BrN5O2/c21-15-10-17-20(23-11-15)25-19(24-17)13-3-5-16(6-4-13)28-9-8-26-7-1-2-14(12-26)18(22)27/h3-6,10-11,14H,1-2,7-9,12H2,(H2,22,27)(H,23,24,25). The van der Waals surface area contributed by atoms with Gasteiger partial charge in [0.05, 0.1) is 5.92 Å². The summed E-state index contributed by atoms with van der Waals surface area (Å²) in [7, 11) is 0. The van der Waals surface area contributed by atoms with E-state index in [2.05, 4.69) is 35.8 Å². The molecule has 1 aliphatic rings. The average Bonchev–Trinajstić information content (AvgIpc) is 3.12. The maximum absolute atomic E-state index is 11.4. The van der Waals surface area contributed by atoms with Crippen molar-refractivity contribution in [3.05, 3.63) is 41.0 Å². The molecule has 1 fully saturated rings. The molecule has 2 aromatic heterocycles. The first-order valence-electron chi connectivity index (χ1n) is 9.34. The topological polar surface area (TPSA) is 97.1 Å². The lowest BCUT2D eigenvalue weighted by atomic mass is 9.98. The van der Waals surface area contributed by atoms with Gasteiger partial charge in [0.25, 0.3) is 0 Å². The lowest BCUT2D eigenvalue weighted by molar-refractivity contribution is -0.123. The maximum atomic E-state index is 11.4. The summed E-state index contributed by atoms with van der Waals surface area (Å²) >= 11 is 3.41. The van der Waals surface area contributed by atoms with Gasteiger partial charge in [-0.2, -0.15) is 0 Å². The fourth-order valence-corrected chi connectivity index (χ4v) is 3.82. The number of halogens is 1. The maximum Gasteiger partial charge on any atom is 0.221 e. The van der Waals surface area contributed by atoms with Crippen molar-refractivity contribution >= 4 is 33.0 Å². The second-order valence-electron chi connectivity index (χ2n) is 7.02. The highest BCUT2D eigenvalue weighted by Gasteiger charge is 2.23. The minimum Gasteiger partial charge on any atom is -0.492 e. The van der Waals surface area contributed by atoms with Gasteiger partial charge < -0.3 is 15.5 Å². The van der Waals surface area contributed by atoms with Crippen LogP contribution in [0.25, 0.3) is 22.6 Å². The number of pyridine rings is 1. The van der Waals surface area contributed by atoms with Crippen LogP contribution < -0.4 is 10.5 Å². The number of hydrogen-bond donors (Lipinski definition) is 2. The Morgan fingerprint density at radius 2 is 2.18 bits per heavy atom. The number of imidazole rings is 1. The molecule has 1 amide bonds. The Bertz CT molecular complexity index is 972.